The van der Waals surface area contributed by atoms with Gasteiger partial charge in [0.15, 0.2) is 0 Å². The molecule has 3 atom stereocenters. The first-order chi connectivity index (χ1) is 7.72. The third-order valence-electron chi connectivity index (χ3n) is 4.19. The van der Waals surface area contributed by atoms with Crippen LogP contribution in [0.3, 0.4) is 0 Å². The van der Waals surface area contributed by atoms with Crippen molar-refractivity contribution in [2.75, 3.05) is 0 Å². The van der Waals surface area contributed by atoms with Crippen molar-refractivity contribution in [1.29, 1.82) is 0 Å². The molecule has 3 unspecified atom stereocenters. The van der Waals surface area contributed by atoms with Gasteiger partial charge in [-0.05, 0) is 36.8 Å². The molecule has 1 heterocycles. The Balaban J connectivity index is 2.09. The number of aliphatic imine (C=N–C) groups is 1. The van der Waals surface area contributed by atoms with Gasteiger partial charge in [-0.1, -0.05) is 41.1 Å². The number of rotatable bonds is 0. The minimum absolute atomic E-state index is 0.197. The number of benzene rings is 1. The molecule has 2 heteroatoms. The number of fused-ring (bicyclic) bond motifs is 2. The highest BCUT2D eigenvalue weighted by molar-refractivity contribution is 9.09. The van der Waals surface area contributed by atoms with Crippen molar-refractivity contribution in [1.82, 2.24) is 0 Å². The molecule has 0 radical (unpaired) electrons. The van der Waals surface area contributed by atoms with Crippen molar-refractivity contribution in [3.63, 3.8) is 0 Å². The fourth-order valence-electron chi connectivity index (χ4n) is 3.15. The van der Waals surface area contributed by atoms with E-state index in [0.29, 0.717) is 10.7 Å². The van der Waals surface area contributed by atoms with E-state index in [0.717, 1.165) is 0 Å². The van der Waals surface area contributed by atoms with Crippen molar-refractivity contribution >= 4 is 27.8 Å². The van der Waals surface area contributed by atoms with Crippen LogP contribution in [0.5, 0.6) is 0 Å². The van der Waals surface area contributed by atoms with E-state index in [1.165, 1.54) is 30.5 Å². The topological polar surface area (TPSA) is 12.4 Å². The van der Waals surface area contributed by atoms with Crippen molar-refractivity contribution in [2.45, 2.75) is 36.4 Å². The Kier molecular flexibility index (Phi) is 2.43. The lowest BCUT2D eigenvalue weighted by molar-refractivity contribution is 0.291. The van der Waals surface area contributed by atoms with E-state index in [1.807, 2.05) is 0 Å². The molecule has 2 aliphatic rings. The second-order valence-corrected chi connectivity index (χ2v) is 6.39. The standard InChI is InChI=1S/C14H16BrN/c1-10-6-7-11(15)8-14(10)9-16-13-5-3-2-4-12(13)14/h2-5,9-11H,6-8H2,1H3. The molecule has 1 nitrogen and oxygen atoms in total. The Bertz CT molecular complexity index is 440. The van der Waals surface area contributed by atoms with Crippen LogP contribution in [-0.4, -0.2) is 11.0 Å². The predicted molar refractivity (Wildman–Crippen MR) is 72.0 cm³/mol. The summed E-state index contributed by atoms with van der Waals surface area (Å²) in [5.74, 6) is 0.702. The van der Waals surface area contributed by atoms with Gasteiger partial charge in [-0.25, -0.2) is 0 Å². The molecule has 3 rings (SSSR count). The van der Waals surface area contributed by atoms with Crippen LogP contribution in [0, 0.1) is 5.92 Å². The number of nitrogens with zero attached hydrogens (tertiary/aromatic N) is 1. The first-order valence-electron chi connectivity index (χ1n) is 6.01. The maximum absolute atomic E-state index is 4.62. The SMILES string of the molecule is CC1CCC(Br)CC12C=Nc1ccccc12. The molecule has 1 spiro atoms. The lowest BCUT2D eigenvalue weighted by atomic mass is 9.64. The normalized spacial score (nSPS) is 36.6. The summed E-state index contributed by atoms with van der Waals surface area (Å²) in [6.07, 6.45) is 5.97. The smallest absolute Gasteiger partial charge is 0.0667 e. The van der Waals surface area contributed by atoms with Crippen LogP contribution in [0.2, 0.25) is 0 Å². The monoisotopic (exact) mass is 277 g/mol. The van der Waals surface area contributed by atoms with Gasteiger partial charge in [-0.2, -0.15) is 0 Å². The molecule has 0 bridgehead atoms. The van der Waals surface area contributed by atoms with E-state index in [2.05, 4.69) is 58.3 Å². The van der Waals surface area contributed by atoms with Crippen molar-refractivity contribution in [3.8, 4) is 0 Å². The number of hydrogen-bond donors (Lipinski definition) is 0. The van der Waals surface area contributed by atoms with Crippen LogP contribution in [0.15, 0.2) is 29.3 Å². The maximum atomic E-state index is 4.62. The van der Waals surface area contributed by atoms with Gasteiger partial charge < -0.3 is 0 Å². The van der Waals surface area contributed by atoms with Gasteiger partial charge in [-0.3, -0.25) is 4.99 Å². The molecule has 1 saturated carbocycles. The third-order valence-corrected chi connectivity index (χ3v) is 4.97. The molecule has 0 saturated heterocycles. The van der Waals surface area contributed by atoms with Crippen LogP contribution >= 0.6 is 15.9 Å². The number of hydrogen-bond acceptors (Lipinski definition) is 1. The zero-order valence-corrected chi connectivity index (χ0v) is 11.1. The zero-order chi connectivity index (χ0) is 11.2. The largest absolute Gasteiger partial charge is 0.260 e. The van der Waals surface area contributed by atoms with Crippen LogP contribution in [-0.2, 0) is 5.41 Å². The Morgan fingerprint density at radius 2 is 2.12 bits per heavy atom. The maximum Gasteiger partial charge on any atom is 0.0667 e. The molecule has 16 heavy (non-hydrogen) atoms. The van der Waals surface area contributed by atoms with Crippen molar-refractivity contribution in [3.05, 3.63) is 29.8 Å². The molecule has 84 valence electrons. The molecule has 1 aromatic carbocycles. The number of alkyl halides is 1. The first kappa shape index (κ1) is 10.5. The summed E-state index contributed by atoms with van der Waals surface area (Å²) < 4.78 is 0. The summed E-state index contributed by atoms with van der Waals surface area (Å²) in [7, 11) is 0. The van der Waals surface area contributed by atoms with Gasteiger partial charge in [0.2, 0.25) is 0 Å². The van der Waals surface area contributed by atoms with E-state index in [4.69, 9.17) is 0 Å². The van der Waals surface area contributed by atoms with Gasteiger partial charge >= 0.3 is 0 Å². The van der Waals surface area contributed by atoms with Gasteiger partial charge in [0, 0.05) is 16.5 Å². The molecule has 0 aromatic heterocycles. The zero-order valence-electron chi connectivity index (χ0n) is 9.49. The van der Waals surface area contributed by atoms with Gasteiger partial charge in [0.25, 0.3) is 0 Å². The highest BCUT2D eigenvalue weighted by Crippen LogP contribution is 2.50. The van der Waals surface area contributed by atoms with E-state index >= 15 is 0 Å². The van der Waals surface area contributed by atoms with Gasteiger partial charge in [0.05, 0.1) is 5.69 Å². The first-order valence-corrected chi connectivity index (χ1v) is 6.93. The fraction of sp³-hybridized carbons (Fsp3) is 0.500. The summed E-state index contributed by atoms with van der Waals surface area (Å²) in [5.41, 5.74) is 2.81. The summed E-state index contributed by atoms with van der Waals surface area (Å²) in [6, 6.07) is 8.60. The molecule has 1 aromatic rings. The minimum atomic E-state index is 0.197. The summed E-state index contributed by atoms with van der Waals surface area (Å²) in [4.78, 5) is 5.26. The highest BCUT2D eigenvalue weighted by Gasteiger charge is 2.44. The molecule has 1 aliphatic carbocycles. The molecular formula is C14H16BrN. The summed E-state index contributed by atoms with van der Waals surface area (Å²) in [6.45, 7) is 2.37. The highest BCUT2D eigenvalue weighted by atomic mass is 79.9. The second-order valence-electron chi connectivity index (χ2n) is 5.10. The molecule has 0 N–H and O–H groups in total. The van der Waals surface area contributed by atoms with Crippen LogP contribution < -0.4 is 0 Å². The minimum Gasteiger partial charge on any atom is -0.260 e. The average Bonchev–Trinajstić information content (AvgIpc) is 2.65. The summed E-state index contributed by atoms with van der Waals surface area (Å²) in [5, 5.41) is 0. The van der Waals surface area contributed by atoms with Gasteiger partial charge in [-0.15, -0.1) is 0 Å². The quantitative estimate of drug-likeness (QED) is 0.630. The molecule has 0 amide bonds. The molecule has 1 fully saturated rings. The summed E-state index contributed by atoms with van der Waals surface area (Å²) >= 11 is 3.79. The predicted octanol–water partition coefficient (Wildman–Crippen LogP) is 4.22. The number of para-hydroxylation sites is 1. The Hall–Kier alpha value is -0.630. The Morgan fingerprint density at radius 3 is 3.00 bits per heavy atom. The lowest BCUT2D eigenvalue weighted by Gasteiger charge is -2.40. The van der Waals surface area contributed by atoms with E-state index in [9.17, 15) is 0 Å². The van der Waals surface area contributed by atoms with E-state index in [1.54, 1.807) is 0 Å². The van der Waals surface area contributed by atoms with E-state index in [-0.39, 0.29) is 5.41 Å². The Labute approximate surface area is 105 Å². The van der Waals surface area contributed by atoms with Crippen LogP contribution in [0.25, 0.3) is 0 Å². The molecule has 1 aliphatic heterocycles. The van der Waals surface area contributed by atoms with Crippen molar-refractivity contribution < 1.29 is 0 Å². The fourth-order valence-corrected chi connectivity index (χ4v) is 3.95. The average molecular weight is 278 g/mol. The van der Waals surface area contributed by atoms with E-state index < -0.39 is 0 Å². The number of halogens is 1. The Morgan fingerprint density at radius 1 is 1.31 bits per heavy atom. The third kappa shape index (κ3) is 1.39. The van der Waals surface area contributed by atoms with Crippen molar-refractivity contribution in [2.24, 2.45) is 10.9 Å². The van der Waals surface area contributed by atoms with Gasteiger partial charge in [0.1, 0.15) is 0 Å². The molecular weight excluding hydrogens is 262 g/mol. The van der Waals surface area contributed by atoms with Crippen LogP contribution in [0.4, 0.5) is 5.69 Å². The lowest BCUT2D eigenvalue weighted by Crippen LogP contribution is -2.40. The second kappa shape index (κ2) is 3.69. The van der Waals surface area contributed by atoms with Crippen LogP contribution in [0.1, 0.15) is 31.7 Å².